The van der Waals surface area contributed by atoms with Crippen molar-refractivity contribution in [2.45, 2.75) is 137 Å². The van der Waals surface area contributed by atoms with Gasteiger partial charge in [0.25, 0.3) is 0 Å². The van der Waals surface area contributed by atoms with Gasteiger partial charge in [-0.2, -0.15) is 0 Å². The molecule has 0 radical (unpaired) electrons. The van der Waals surface area contributed by atoms with Crippen LogP contribution in [-0.4, -0.2) is 59.4 Å². The number of ether oxygens (including phenoxy) is 3. The molecule has 3 N–H and O–H groups in total. The van der Waals surface area contributed by atoms with Crippen molar-refractivity contribution >= 4 is 23.9 Å². The highest BCUT2D eigenvalue weighted by molar-refractivity contribution is 5.87. The van der Waals surface area contributed by atoms with Gasteiger partial charge in [-0.15, -0.1) is 0 Å². The molecular weight excluding hydrogens is 538 g/mol. The van der Waals surface area contributed by atoms with Crippen molar-refractivity contribution < 1.29 is 33.4 Å². The highest BCUT2D eigenvalue weighted by Crippen LogP contribution is 2.15. The number of hydrogen-bond donors (Lipinski definition) is 3. The van der Waals surface area contributed by atoms with E-state index in [0.29, 0.717) is 12.8 Å². The van der Waals surface area contributed by atoms with Crippen LogP contribution in [-0.2, 0) is 35.1 Å². The molecular formula is C32H53N3O7. The van der Waals surface area contributed by atoms with Crippen LogP contribution in [0, 0.1) is 6.92 Å². The normalized spacial score (nSPS) is 13.5. The number of carbonyl (C=O) groups is 4. The van der Waals surface area contributed by atoms with Gasteiger partial charge in [-0.3, -0.25) is 4.79 Å². The molecule has 2 atom stereocenters. The molecule has 1 aromatic rings. The number of hydrogen-bond acceptors (Lipinski definition) is 8. The minimum Gasteiger partial charge on any atom is -0.460 e. The Hall–Kier alpha value is -3.14. The van der Waals surface area contributed by atoms with Gasteiger partial charge < -0.3 is 30.2 Å². The van der Waals surface area contributed by atoms with Gasteiger partial charge >= 0.3 is 23.9 Å². The number of carbonyl (C=O) groups excluding carboxylic acids is 4. The van der Waals surface area contributed by atoms with E-state index in [2.05, 4.69) is 40.2 Å². The maximum Gasteiger partial charge on any atom is 0.329 e. The number of rotatable bonds is 14. The maximum absolute atomic E-state index is 13.0. The second kappa shape index (κ2) is 16.5. The summed E-state index contributed by atoms with van der Waals surface area (Å²) in [5.41, 5.74) is 0.183. The lowest BCUT2D eigenvalue weighted by atomic mass is 10.1. The van der Waals surface area contributed by atoms with Crippen LogP contribution in [0.5, 0.6) is 0 Å². The zero-order valence-corrected chi connectivity index (χ0v) is 27.3. The summed E-state index contributed by atoms with van der Waals surface area (Å²) in [6.45, 7) is 19.2. The number of amides is 2. The third-order valence-electron chi connectivity index (χ3n) is 5.60. The Balaban J connectivity index is 2.80. The zero-order chi connectivity index (χ0) is 32.1. The van der Waals surface area contributed by atoms with Crippen LogP contribution in [0.2, 0.25) is 0 Å². The van der Waals surface area contributed by atoms with Crippen molar-refractivity contribution in [1.82, 2.24) is 16.0 Å². The summed E-state index contributed by atoms with van der Waals surface area (Å²) < 4.78 is 16.3. The number of urea groups is 1. The molecule has 0 aliphatic carbocycles. The molecule has 0 spiro atoms. The summed E-state index contributed by atoms with van der Waals surface area (Å²) in [4.78, 5) is 51.1. The van der Waals surface area contributed by atoms with Crippen LogP contribution in [0.25, 0.3) is 0 Å². The van der Waals surface area contributed by atoms with Gasteiger partial charge in [0, 0.05) is 13.0 Å². The Morgan fingerprint density at radius 3 is 1.64 bits per heavy atom. The molecule has 42 heavy (non-hydrogen) atoms. The first kappa shape index (κ1) is 36.9. The monoisotopic (exact) mass is 591 g/mol. The second-order valence-electron chi connectivity index (χ2n) is 13.6. The molecule has 0 fully saturated rings. The fourth-order valence-electron chi connectivity index (χ4n) is 3.79. The Labute approximate surface area is 252 Å². The molecule has 0 saturated heterocycles. The van der Waals surface area contributed by atoms with Crippen LogP contribution < -0.4 is 16.0 Å². The predicted molar refractivity (Wildman–Crippen MR) is 163 cm³/mol. The van der Waals surface area contributed by atoms with E-state index in [-0.39, 0.29) is 12.8 Å². The van der Waals surface area contributed by atoms with E-state index in [9.17, 15) is 19.2 Å². The van der Waals surface area contributed by atoms with Crippen LogP contribution >= 0.6 is 0 Å². The van der Waals surface area contributed by atoms with Crippen LogP contribution in [0.1, 0.15) is 106 Å². The summed E-state index contributed by atoms with van der Waals surface area (Å²) in [6.07, 6.45) is 1.65. The van der Waals surface area contributed by atoms with Crippen LogP contribution in [0.4, 0.5) is 4.79 Å². The molecule has 0 aromatic heterocycles. The molecule has 10 heteroatoms. The van der Waals surface area contributed by atoms with E-state index in [1.807, 2.05) is 6.92 Å². The van der Waals surface area contributed by atoms with E-state index in [4.69, 9.17) is 14.2 Å². The minimum atomic E-state index is -1.12. The molecule has 1 rings (SSSR count). The largest absolute Gasteiger partial charge is 0.460 e. The smallest absolute Gasteiger partial charge is 0.329 e. The standard InChI is InChI=1S/C32H53N3O7/c1-22-14-16-23(17-15-22)21-33-20-12-11-13-24(27(37)41-31(5,6)7)34-29(39)35-25(28(38)42-32(8,9)10)18-19-26(36)40-30(2,3)4/h14-17,24-25,33H,11-13,18-21H2,1-10H3,(H2,34,35,39). The lowest BCUT2D eigenvalue weighted by molar-refractivity contribution is -0.159. The van der Waals surface area contributed by atoms with Crippen molar-refractivity contribution in [3.63, 3.8) is 0 Å². The van der Waals surface area contributed by atoms with Gasteiger partial charge in [0.15, 0.2) is 0 Å². The minimum absolute atomic E-state index is 0.0268. The summed E-state index contributed by atoms with van der Waals surface area (Å²) in [5.74, 6) is -1.75. The lowest BCUT2D eigenvalue weighted by Crippen LogP contribution is -2.53. The van der Waals surface area contributed by atoms with Crippen LogP contribution in [0.3, 0.4) is 0 Å². The molecule has 10 nitrogen and oxygen atoms in total. The Morgan fingerprint density at radius 2 is 1.17 bits per heavy atom. The van der Waals surface area contributed by atoms with E-state index >= 15 is 0 Å². The van der Waals surface area contributed by atoms with Crippen molar-refractivity contribution in [3.8, 4) is 0 Å². The number of aryl methyl sites for hydroxylation is 1. The van der Waals surface area contributed by atoms with Crippen molar-refractivity contribution in [1.29, 1.82) is 0 Å². The van der Waals surface area contributed by atoms with Gasteiger partial charge in [-0.1, -0.05) is 29.8 Å². The summed E-state index contributed by atoms with van der Waals surface area (Å²) in [5, 5.41) is 8.64. The maximum atomic E-state index is 13.0. The van der Waals surface area contributed by atoms with Gasteiger partial charge in [0.1, 0.15) is 28.9 Å². The second-order valence-corrected chi connectivity index (χ2v) is 13.6. The number of nitrogens with one attached hydrogen (secondary N) is 3. The van der Waals surface area contributed by atoms with Gasteiger partial charge in [0.2, 0.25) is 0 Å². The molecule has 0 heterocycles. The molecule has 2 unspecified atom stereocenters. The Bertz CT molecular complexity index is 1020. The SMILES string of the molecule is Cc1ccc(CNCCCCC(NC(=O)NC(CCC(=O)OC(C)(C)C)C(=O)OC(C)(C)C)C(=O)OC(C)(C)C)cc1. The van der Waals surface area contributed by atoms with Gasteiger partial charge in [-0.05, 0) is 107 Å². The average molecular weight is 592 g/mol. The Morgan fingerprint density at radius 1 is 0.690 bits per heavy atom. The van der Waals surface area contributed by atoms with E-state index in [0.717, 1.165) is 19.5 Å². The first-order chi connectivity index (χ1) is 19.2. The molecule has 238 valence electrons. The highest BCUT2D eigenvalue weighted by atomic mass is 16.6. The molecule has 0 aliphatic rings. The summed E-state index contributed by atoms with van der Waals surface area (Å²) in [7, 11) is 0. The molecule has 2 amide bonds. The number of unbranched alkanes of at least 4 members (excludes halogenated alkanes) is 1. The number of esters is 3. The third-order valence-corrected chi connectivity index (χ3v) is 5.60. The van der Waals surface area contributed by atoms with E-state index < -0.39 is 52.8 Å². The molecule has 0 aliphatic heterocycles. The van der Waals surface area contributed by atoms with Gasteiger partial charge in [0.05, 0.1) is 0 Å². The van der Waals surface area contributed by atoms with E-state index in [1.165, 1.54) is 11.1 Å². The summed E-state index contributed by atoms with van der Waals surface area (Å²) >= 11 is 0. The fraction of sp³-hybridized carbons (Fsp3) is 0.688. The van der Waals surface area contributed by atoms with Crippen molar-refractivity contribution in [3.05, 3.63) is 35.4 Å². The average Bonchev–Trinajstić information content (AvgIpc) is 2.80. The quantitative estimate of drug-likeness (QED) is 0.155. The fourth-order valence-corrected chi connectivity index (χ4v) is 3.79. The summed E-state index contributed by atoms with van der Waals surface area (Å²) in [6, 6.07) is 5.54. The number of benzene rings is 1. The van der Waals surface area contributed by atoms with Gasteiger partial charge in [-0.25, -0.2) is 14.4 Å². The highest BCUT2D eigenvalue weighted by Gasteiger charge is 2.31. The third kappa shape index (κ3) is 17.6. The first-order valence-electron chi connectivity index (χ1n) is 14.7. The first-order valence-corrected chi connectivity index (χ1v) is 14.7. The molecule has 0 bridgehead atoms. The van der Waals surface area contributed by atoms with Crippen LogP contribution in [0.15, 0.2) is 24.3 Å². The predicted octanol–water partition coefficient (Wildman–Crippen LogP) is 5.10. The lowest BCUT2D eigenvalue weighted by Gasteiger charge is -2.27. The topological polar surface area (TPSA) is 132 Å². The van der Waals surface area contributed by atoms with E-state index in [1.54, 1.807) is 62.3 Å². The Kier molecular flexibility index (Phi) is 14.5. The molecule has 1 aromatic carbocycles. The van der Waals surface area contributed by atoms with Crippen molar-refractivity contribution in [2.24, 2.45) is 0 Å². The molecule has 0 saturated carbocycles. The van der Waals surface area contributed by atoms with Crippen molar-refractivity contribution in [2.75, 3.05) is 6.54 Å². The zero-order valence-electron chi connectivity index (χ0n) is 27.3.